The van der Waals surface area contributed by atoms with Crippen LogP contribution < -0.4 is 10.1 Å². The van der Waals surface area contributed by atoms with E-state index in [2.05, 4.69) is 5.32 Å². The molecule has 3 rings (SSSR count). The summed E-state index contributed by atoms with van der Waals surface area (Å²) in [6, 6.07) is 7.18. The summed E-state index contributed by atoms with van der Waals surface area (Å²) in [4.78, 5) is 24.8. The number of benzene rings is 1. The van der Waals surface area contributed by atoms with Gasteiger partial charge in [-0.1, -0.05) is 0 Å². The fourth-order valence-electron chi connectivity index (χ4n) is 2.67. The number of amides is 2. The number of hydrogen-bond donors (Lipinski definition) is 2. The molecular weight excluding hydrogens is 296 g/mol. The van der Waals surface area contributed by atoms with Crippen molar-refractivity contribution in [2.45, 2.75) is 25.7 Å². The summed E-state index contributed by atoms with van der Waals surface area (Å²) in [5.74, 6) is 0.425. The molecule has 124 valence electrons. The Labute approximate surface area is 135 Å². The molecule has 0 atom stereocenters. The molecule has 1 aromatic rings. The van der Waals surface area contributed by atoms with Crippen LogP contribution >= 0.6 is 0 Å². The molecule has 1 saturated heterocycles. The minimum atomic E-state index is -0.771. The van der Waals surface area contributed by atoms with E-state index in [1.807, 2.05) is 24.3 Å². The van der Waals surface area contributed by atoms with Gasteiger partial charge in [0.2, 0.25) is 0 Å². The van der Waals surface area contributed by atoms with Crippen LogP contribution in [0.2, 0.25) is 0 Å². The predicted octanol–water partition coefficient (Wildman–Crippen LogP) is 2.80. The zero-order valence-electron chi connectivity index (χ0n) is 13.0. The van der Waals surface area contributed by atoms with Crippen LogP contribution in [0.25, 0.3) is 0 Å². The van der Waals surface area contributed by atoms with Crippen LogP contribution in [0.3, 0.4) is 0 Å². The molecule has 6 heteroatoms. The maximum atomic E-state index is 12.2. The van der Waals surface area contributed by atoms with Crippen molar-refractivity contribution < 1.29 is 19.4 Å². The van der Waals surface area contributed by atoms with Gasteiger partial charge in [-0.25, -0.2) is 4.79 Å². The maximum absolute atomic E-state index is 12.2. The number of ether oxygens (including phenoxy) is 1. The number of likely N-dealkylation sites (tertiary alicyclic amines) is 1. The largest absolute Gasteiger partial charge is 0.493 e. The van der Waals surface area contributed by atoms with Crippen molar-refractivity contribution >= 4 is 17.7 Å². The first kappa shape index (κ1) is 15.6. The van der Waals surface area contributed by atoms with Gasteiger partial charge in [-0.05, 0) is 55.9 Å². The van der Waals surface area contributed by atoms with Crippen LogP contribution in [0.4, 0.5) is 10.5 Å². The Morgan fingerprint density at radius 1 is 1.13 bits per heavy atom. The van der Waals surface area contributed by atoms with E-state index in [1.165, 1.54) is 12.8 Å². The van der Waals surface area contributed by atoms with Crippen LogP contribution in [0.15, 0.2) is 24.3 Å². The molecule has 0 spiro atoms. The minimum absolute atomic E-state index is 0.180. The summed E-state index contributed by atoms with van der Waals surface area (Å²) >= 11 is 0. The molecule has 2 amide bonds. The van der Waals surface area contributed by atoms with Crippen molar-refractivity contribution in [3.63, 3.8) is 0 Å². The fourth-order valence-corrected chi connectivity index (χ4v) is 2.67. The highest BCUT2D eigenvalue weighted by Gasteiger charge is 2.27. The Bertz CT molecular complexity index is 560. The zero-order valence-corrected chi connectivity index (χ0v) is 13.0. The van der Waals surface area contributed by atoms with Crippen LogP contribution in [-0.2, 0) is 4.79 Å². The number of urea groups is 1. The third-order valence-corrected chi connectivity index (χ3v) is 4.42. The summed E-state index contributed by atoms with van der Waals surface area (Å²) < 4.78 is 5.66. The number of carbonyl (C=O) groups is 2. The molecule has 2 N–H and O–H groups in total. The van der Waals surface area contributed by atoms with Gasteiger partial charge in [0, 0.05) is 18.8 Å². The molecule has 23 heavy (non-hydrogen) atoms. The Morgan fingerprint density at radius 3 is 2.35 bits per heavy atom. The van der Waals surface area contributed by atoms with Gasteiger partial charge in [0.25, 0.3) is 0 Å². The SMILES string of the molecule is O=C(O)C1CCN(C(=O)Nc2ccc(OCC3CC3)cc2)CC1. The Kier molecular flexibility index (Phi) is 4.69. The Hall–Kier alpha value is -2.24. The Balaban J connectivity index is 1.46. The topological polar surface area (TPSA) is 78.9 Å². The van der Waals surface area contributed by atoms with Crippen molar-refractivity contribution in [3.05, 3.63) is 24.3 Å². The van der Waals surface area contributed by atoms with E-state index >= 15 is 0 Å². The van der Waals surface area contributed by atoms with Crippen molar-refractivity contribution in [2.24, 2.45) is 11.8 Å². The molecule has 1 heterocycles. The lowest BCUT2D eigenvalue weighted by atomic mass is 9.97. The van der Waals surface area contributed by atoms with Crippen molar-refractivity contribution in [3.8, 4) is 5.75 Å². The maximum Gasteiger partial charge on any atom is 0.321 e. The third kappa shape index (κ3) is 4.37. The molecule has 1 aromatic carbocycles. The number of nitrogens with one attached hydrogen (secondary N) is 1. The number of nitrogens with zero attached hydrogens (tertiary/aromatic N) is 1. The van der Waals surface area contributed by atoms with Gasteiger partial charge >= 0.3 is 12.0 Å². The summed E-state index contributed by atoms with van der Waals surface area (Å²) in [6.07, 6.45) is 3.53. The number of anilines is 1. The van der Waals surface area contributed by atoms with Gasteiger partial charge in [-0.3, -0.25) is 4.79 Å². The number of aliphatic carboxylic acids is 1. The monoisotopic (exact) mass is 318 g/mol. The van der Waals surface area contributed by atoms with Crippen molar-refractivity contribution in [1.29, 1.82) is 0 Å². The van der Waals surface area contributed by atoms with Gasteiger partial charge in [-0.15, -0.1) is 0 Å². The van der Waals surface area contributed by atoms with E-state index in [1.54, 1.807) is 4.90 Å². The van der Waals surface area contributed by atoms with Gasteiger partial charge in [0.15, 0.2) is 0 Å². The van der Waals surface area contributed by atoms with Crippen molar-refractivity contribution in [2.75, 3.05) is 25.0 Å². The summed E-state index contributed by atoms with van der Waals surface area (Å²) in [6.45, 7) is 1.72. The zero-order chi connectivity index (χ0) is 16.2. The first-order chi connectivity index (χ1) is 11.1. The quantitative estimate of drug-likeness (QED) is 0.875. The second-order valence-electron chi connectivity index (χ2n) is 6.31. The summed E-state index contributed by atoms with van der Waals surface area (Å²) in [5, 5.41) is 11.8. The molecule has 6 nitrogen and oxygen atoms in total. The average molecular weight is 318 g/mol. The smallest absolute Gasteiger partial charge is 0.321 e. The van der Waals surface area contributed by atoms with E-state index in [-0.39, 0.29) is 11.9 Å². The normalized spacial score (nSPS) is 18.5. The second kappa shape index (κ2) is 6.89. The van der Waals surface area contributed by atoms with E-state index < -0.39 is 5.97 Å². The number of carbonyl (C=O) groups excluding carboxylic acids is 1. The van der Waals surface area contributed by atoms with Gasteiger partial charge in [0.05, 0.1) is 12.5 Å². The van der Waals surface area contributed by atoms with E-state index in [0.717, 1.165) is 12.4 Å². The molecule has 1 aliphatic heterocycles. The van der Waals surface area contributed by atoms with E-state index in [4.69, 9.17) is 9.84 Å². The van der Waals surface area contributed by atoms with Crippen LogP contribution in [-0.4, -0.2) is 41.7 Å². The molecule has 0 bridgehead atoms. The number of carboxylic acid groups (broad SMARTS) is 1. The minimum Gasteiger partial charge on any atom is -0.493 e. The van der Waals surface area contributed by atoms with Gasteiger partial charge in [-0.2, -0.15) is 0 Å². The highest BCUT2D eigenvalue weighted by molar-refractivity contribution is 5.89. The fraction of sp³-hybridized carbons (Fsp3) is 0.529. The predicted molar refractivity (Wildman–Crippen MR) is 85.6 cm³/mol. The lowest BCUT2D eigenvalue weighted by Gasteiger charge is -2.30. The average Bonchev–Trinajstić information content (AvgIpc) is 3.38. The van der Waals surface area contributed by atoms with Crippen LogP contribution in [0.5, 0.6) is 5.75 Å². The number of piperidine rings is 1. The second-order valence-corrected chi connectivity index (χ2v) is 6.31. The molecule has 1 saturated carbocycles. The summed E-state index contributed by atoms with van der Waals surface area (Å²) in [5.41, 5.74) is 0.717. The summed E-state index contributed by atoms with van der Waals surface area (Å²) in [7, 11) is 0. The molecule has 1 aliphatic carbocycles. The molecule has 2 fully saturated rings. The highest BCUT2D eigenvalue weighted by Crippen LogP contribution is 2.29. The van der Waals surface area contributed by atoms with Gasteiger partial charge in [0.1, 0.15) is 5.75 Å². The van der Waals surface area contributed by atoms with E-state index in [0.29, 0.717) is 37.5 Å². The first-order valence-corrected chi connectivity index (χ1v) is 8.13. The molecular formula is C17H22N2O4. The van der Waals surface area contributed by atoms with Crippen LogP contribution in [0.1, 0.15) is 25.7 Å². The third-order valence-electron chi connectivity index (χ3n) is 4.42. The number of carboxylic acids is 1. The first-order valence-electron chi connectivity index (χ1n) is 8.13. The lowest BCUT2D eigenvalue weighted by molar-refractivity contribution is -0.143. The number of rotatable bonds is 5. The van der Waals surface area contributed by atoms with Crippen LogP contribution in [0, 0.1) is 11.8 Å². The molecule has 0 unspecified atom stereocenters. The molecule has 2 aliphatic rings. The van der Waals surface area contributed by atoms with E-state index in [9.17, 15) is 9.59 Å². The van der Waals surface area contributed by atoms with Gasteiger partial charge < -0.3 is 20.1 Å². The Morgan fingerprint density at radius 2 is 1.78 bits per heavy atom. The molecule has 0 radical (unpaired) electrons. The lowest BCUT2D eigenvalue weighted by Crippen LogP contribution is -2.42. The highest BCUT2D eigenvalue weighted by atomic mass is 16.5. The standard InChI is InChI=1S/C17H22N2O4/c20-16(21)13-7-9-19(10-8-13)17(22)18-14-3-5-15(6-4-14)23-11-12-1-2-12/h3-6,12-13H,1-2,7-11H2,(H,18,22)(H,20,21). The van der Waals surface area contributed by atoms with Crippen molar-refractivity contribution in [1.82, 2.24) is 4.90 Å². The number of hydrogen-bond acceptors (Lipinski definition) is 3. The molecule has 0 aromatic heterocycles.